The Morgan fingerprint density at radius 2 is 1.88 bits per heavy atom. The van der Waals surface area contributed by atoms with Crippen LogP contribution in [0.5, 0.6) is 28.7 Å². The Morgan fingerprint density at radius 3 is 2.75 bits per heavy atom. The molecule has 120 valence electrons. The van der Waals surface area contributed by atoms with Crippen LogP contribution in [-0.2, 0) is 6.61 Å². The Hall–Kier alpha value is -3.35. The van der Waals surface area contributed by atoms with Gasteiger partial charge in [-0.05, 0) is 12.1 Å². The molecule has 0 saturated carbocycles. The number of phenolic OH excluding ortho intramolecular Hbond substituents is 2. The molecule has 0 unspecified atom stereocenters. The lowest BCUT2D eigenvalue weighted by atomic mass is 9.98. The number of hydrogen-bond donors (Lipinski definition) is 2. The monoisotopic (exact) mass is 326 g/mol. The van der Waals surface area contributed by atoms with Gasteiger partial charge in [0.25, 0.3) is 0 Å². The van der Waals surface area contributed by atoms with Crippen LogP contribution in [0.3, 0.4) is 0 Å². The van der Waals surface area contributed by atoms with Crippen LogP contribution in [0.25, 0.3) is 22.1 Å². The molecule has 2 N–H and O–H groups in total. The van der Waals surface area contributed by atoms with Crippen molar-refractivity contribution in [3.63, 3.8) is 0 Å². The van der Waals surface area contributed by atoms with Crippen molar-refractivity contribution in [1.82, 2.24) is 0 Å². The Morgan fingerprint density at radius 1 is 1.00 bits per heavy atom. The summed E-state index contributed by atoms with van der Waals surface area (Å²) in [6, 6.07) is 6.23. The van der Waals surface area contributed by atoms with Gasteiger partial charge in [0.1, 0.15) is 29.1 Å². The van der Waals surface area contributed by atoms with E-state index in [-0.39, 0.29) is 58.5 Å². The summed E-state index contributed by atoms with van der Waals surface area (Å²) in [6.45, 7) is 0.00598. The maximum Gasteiger partial charge on any atom is 0.231 e. The normalized spacial score (nSPS) is 14.2. The number of fused-ring (bicyclic) bond motifs is 5. The van der Waals surface area contributed by atoms with Crippen molar-refractivity contribution < 1.29 is 28.8 Å². The van der Waals surface area contributed by atoms with E-state index in [1.54, 1.807) is 12.1 Å². The SMILES string of the molecule is O=c1c2c(oc3cc4c(c(O)c13)OCO4)COc1cccc(O)c1-2. The van der Waals surface area contributed by atoms with Crippen LogP contribution in [0.2, 0.25) is 0 Å². The van der Waals surface area contributed by atoms with E-state index in [1.807, 2.05) is 0 Å². The van der Waals surface area contributed by atoms with Crippen molar-refractivity contribution in [1.29, 1.82) is 0 Å². The third-order valence-corrected chi connectivity index (χ3v) is 4.18. The predicted molar refractivity (Wildman–Crippen MR) is 81.7 cm³/mol. The standard InChI is InChI=1S/C17H10O7/c18-7-2-1-3-8-12(7)13-11(5-21-8)24-9-4-10-17(23-6-22-10)16(20)14(9)15(13)19/h1-4,18,20H,5-6H2. The molecule has 0 amide bonds. The quantitative estimate of drug-likeness (QED) is 0.655. The zero-order chi connectivity index (χ0) is 16.4. The first-order chi connectivity index (χ1) is 11.6. The average Bonchev–Trinajstić information content (AvgIpc) is 3.03. The minimum Gasteiger partial charge on any atom is -0.507 e. The average molecular weight is 326 g/mol. The minimum absolute atomic E-state index is 0.0193. The first kappa shape index (κ1) is 13.1. The second-order valence-corrected chi connectivity index (χ2v) is 5.50. The van der Waals surface area contributed by atoms with Gasteiger partial charge in [-0.15, -0.1) is 0 Å². The van der Waals surface area contributed by atoms with Crippen molar-refractivity contribution in [3.8, 4) is 39.9 Å². The topological polar surface area (TPSA) is 98.4 Å². The zero-order valence-electron chi connectivity index (χ0n) is 12.2. The summed E-state index contributed by atoms with van der Waals surface area (Å²) in [4.78, 5) is 13.0. The van der Waals surface area contributed by atoms with Crippen LogP contribution in [-0.4, -0.2) is 17.0 Å². The predicted octanol–water partition coefficient (Wildman–Crippen LogP) is 2.49. The molecular weight excluding hydrogens is 316 g/mol. The van der Waals surface area contributed by atoms with Crippen LogP contribution < -0.4 is 19.6 Å². The van der Waals surface area contributed by atoms with Gasteiger partial charge in [0, 0.05) is 6.07 Å². The number of phenols is 2. The number of benzene rings is 2. The van der Waals surface area contributed by atoms with Gasteiger partial charge in [-0.3, -0.25) is 4.79 Å². The van der Waals surface area contributed by atoms with E-state index >= 15 is 0 Å². The van der Waals surface area contributed by atoms with E-state index in [2.05, 4.69) is 0 Å². The maximum absolute atomic E-state index is 13.0. The second-order valence-electron chi connectivity index (χ2n) is 5.50. The van der Waals surface area contributed by atoms with E-state index in [4.69, 9.17) is 18.6 Å². The maximum atomic E-state index is 13.0. The van der Waals surface area contributed by atoms with E-state index < -0.39 is 5.43 Å². The minimum atomic E-state index is -0.465. The largest absolute Gasteiger partial charge is 0.507 e. The summed E-state index contributed by atoms with van der Waals surface area (Å²) in [5.74, 6) is 0.650. The van der Waals surface area contributed by atoms with Crippen LogP contribution in [0, 0.1) is 0 Å². The summed E-state index contributed by atoms with van der Waals surface area (Å²) in [7, 11) is 0. The summed E-state index contributed by atoms with van der Waals surface area (Å²) >= 11 is 0. The molecule has 7 nitrogen and oxygen atoms in total. The molecule has 3 heterocycles. The molecule has 3 aromatic rings. The Balaban J connectivity index is 1.93. The van der Waals surface area contributed by atoms with Crippen LogP contribution in [0.4, 0.5) is 0 Å². The van der Waals surface area contributed by atoms with Gasteiger partial charge in [-0.25, -0.2) is 0 Å². The van der Waals surface area contributed by atoms with Gasteiger partial charge in [0.2, 0.25) is 18.0 Å². The number of hydrogen-bond acceptors (Lipinski definition) is 7. The fourth-order valence-corrected chi connectivity index (χ4v) is 3.13. The number of aromatic hydroxyl groups is 2. The summed E-state index contributed by atoms with van der Waals surface area (Å²) in [5.41, 5.74) is 0.138. The molecule has 24 heavy (non-hydrogen) atoms. The van der Waals surface area contributed by atoms with Crippen molar-refractivity contribution in [2.45, 2.75) is 6.61 Å². The summed E-state index contributed by atoms with van der Waals surface area (Å²) in [5, 5.41) is 20.5. The van der Waals surface area contributed by atoms with Crippen molar-refractivity contribution in [2.75, 3.05) is 6.79 Å². The van der Waals surface area contributed by atoms with Crippen LogP contribution in [0.15, 0.2) is 33.5 Å². The van der Waals surface area contributed by atoms with Gasteiger partial charge in [0.05, 0.1) is 11.1 Å². The molecule has 7 heteroatoms. The smallest absolute Gasteiger partial charge is 0.231 e. The van der Waals surface area contributed by atoms with E-state index in [9.17, 15) is 15.0 Å². The van der Waals surface area contributed by atoms with Gasteiger partial charge in [-0.2, -0.15) is 0 Å². The Bertz CT molecular complexity index is 1080. The van der Waals surface area contributed by atoms with Gasteiger partial charge >= 0.3 is 0 Å². The summed E-state index contributed by atoms with van der Waals surface area (Å²) in [6.07, 6.45) is 0. The molecular formula is C17H10O7. The molecule has 0 saturated heterocycles. The van der Waals surface area contributed by atoms with Crippen LogP contribution in [0.1, 0.15) is 5.76 Å². The Kier molecular flexibility index (Phi) is 2.38. The lowest BCUT2D eigenvalue weighted by Gasteiger charge is -2.20. The highest BCUT2D eigenvalue weighted by Crippen LogP contribution is 2.47. The molecule has 0 atom stereocenters. The molecule has 0 radical (unpaired) electrons. The highest BCUT2D eigenvalue weighted by Gasteiger charge is 2.30. The Labute approximate surface area is 134 Å². The highest BCUT2D eigenvalue weighted by molar-refractivity contribution is 5.93. The third-order valence-electron chi connectivity index (χ3n) is 4.18. The number of rotatable bonds is 0. The van der Waals surface area contributed by atoms with Gasteiger partial charge in [0.15, 0.2) is 17.3 Å². The first-order valence-electron chi connectivity index (χ1n) is 7.21. The third kappa shape index (κ3) is 1.53. The molecule has 0 aliphatic carbocycles. The van der Waals surface area contributed by atoms with Crippen LogP contribution >= 0.6 is 0 Å². The van der Waals surface area contributed by atoms with E-state index in [0.717, 1.165) is 0 Å². The van der Waals surface area contributed by atoms with Gasteiger partial charge in [-0.1, -0.05) is 6.07 Å². The highest BCUT2D eigenvalue weighted by atomic mass is 16.7. The lowest BCUT2D eigenvalue weighted by molar-refractivity contribution is 0.171. The lowest BCUT2D eigenvalue weighted by Crippen LogP contribution is -2.15. The molecule has 2 aliphatic rings. The molecule has 5 rings (SSSR count). The van der Waals surface area contributed by atoms with Gasteiger partial charge < -0.3 is 28.8 Å². The second kappa shape index (κ2) is 4.35. The zero-order valence-corrected chi connectivity index (χ0v) is 12.2. The molecule has 1 aromatic heterocycles. The molecule has 0 fully saturated rings. The first-order valence-corrected chi connectivity index (χ1v) is 7.21. The molecule has 2 aromatic carbocycles. The number of ether oxygens (including phenoxy) is 3. The van der Waals surface area contributed by atoms with E-state index in [1.165, 1.54) is 12.1 Å². The molecule has 0 spiro atoms. The summed E-state index contributed by atoms with van der Waals surface area (Å²) < 4.78 is 21.7. The molecule has 2 aliphatic heterocycles. The van der Waals surface area contributed by atoms with E-state index in [0.29, 0.717) is 11.5 Å². The van der Waals surface area contributed by atoms with Crippen molar-refractivity contribution >= 4 is 11.0 Å². The van der Waals surface area contributed by atoms with Crippen molar-refractivity contribution in [2.24, 2.45) is 0 Å². The fourth-order valence-electron chi connectivity index (χ4n) is 3.13. The fraction of sp³-hybridized carbons (Fsp3) is 0.118. The molecule has 0 bridgehead atoms. The van der Waals surface area contributed by atoms with Crippen molar-refractivity contribution in [3.05, 3.63) is 40.2 Å².